The zero-order valence-electron chi connectivity index (χ0n) is 12.6. The summed E-state index contributed by atoms with van der Waals surface area (Å²) in [7, 11) is 0. The van der Waals surface area contributed by atoms with Gasteiger partial charge in [-0.15, -0.1) is 22.7 Å². The number of hydrogen-bond acceptors (Lipinski definition) is 6. The summed E-state index contributed by atoms with van der Waals surface area (Å²) in [5, 5.41) is 11.6. The number of aromatic nitrogens is 1. The summed E-state index contributed by atoms with van der Waals surface area (Å²) < 4.78 is 6.09. The zero-order chi connectivity index (χ0) is 17.1. The monoisotopic (exact) mass is 386 g/mol. The molecule has 0 saturated carbocycles. The lowest BCUT2D eigenvalue weighted by molar-refractivity contribution is -0.147. The molecule has 1 saturated heterocycles. The van der Waals surface area contributed by atoms with E-state index in [2.05, 4.69) is 4.98 Å². The standard InChI is InChI=1S/C15H15ClN2O4S2/c16-12-2-1-11(24-12)15-17-9(8-23-15)5-13(19)18-3-4-22-10(7-18)6-14(20)21/h1-2,8,10H,3-7H2,(H,20,21). The third-order valence-electron chi connectivity index (χ3n) is 3.56. The van der Waals surface area contributed by atoms with Crippen LogP contribution < -0.4 is 0 Å². The Morgan fingerprint density at radius 1 is 1.46 bits per heavy atom. The van der Waals surface area contributed by atoms with Gasteiger partial charge >= 0.3 is 5.97 Å². The minimum absolute atomic E-state index is 0.0604. The molecular formula is C15H15ClN2O4S2. The van der Waals surface area contributed by atoms with Gasteiger partial charge in [-0.25, -0.2) is 4.98 Å². The molecule has 0 aliphatic carbocycles. The number of halogens is 1. The number of hydrogen-bond donors (Lipinski definition) is 1. The van der Waals surface area contributed by atoms with Crippen LogP contribution in [0.25, 0.3) is 9.88 Å². The molecule has 1 amide bonds. The van der Waals surface area contributed by atoms with E-state index in [0.29, 0.717) is 29.7 Å². The SMILES string of the molecule is O=C(O)CC1CN(C(=O)Cc2csc(-c3ccc(Cl)s3)n2)CCO1. The predicted octanol–water partition coefficient (Wildman–Crippen LogP) is 2.77. The molecule has 128 valence electrons. The van der Waals surface area contributed by atoms with Crippen molar-refractivity contribution in [1.29, 1.82) is 0 Å². The summed E-state index contributed by atoms with van der Waals surface area (Å²) in [6.07, 6.45) is -0.335. The molecule has 1 N–H and O–H groups in total. The third kappa shape index (κ3) is 4.32. The van der Waals surface area contributed by atoms with Crippen LogP contribution in [-0.2, 0) is 20.7 Å². The first-order valence-corrected chi connectivity index (χ1v) is 9.40. The number of nitrogens with zero attached hydrogens (tertiary/aromatic N) is 2. The van der Waals surface area contributed by atoms with Gasteiger partial charge in [0.05, 0.1) is 40.5 Å². The highest BCUT2D eigenvalue weighted by atomic mass is 35.5. The van der Waals surface area contributed by atoms with Crippen molar-refractivity contribution in [2.24, 2.45) is 0 Å². The Labute approximate surface area is 151 Å². The molecule has 1 fully saturated rings. The Hall–Kier alpha value is -1.48. The van der Waals surface area contributed by atoms with Crippen molar-refractivity contribution in [3.63, 3.8) is 0 Å². The smallest absolute Gasteiger partial charge is 0.306 e. The van der Waals surface area contributed by atoms with Gasteiger partial charge < -0.3 is 14.7 Å². The first-order valence-electron chi connectivity index (χ1n) is 7.32. The van der Waals surface area contributed by atoms with Crippen LogP contribution in [-0.4, -0.2) is 52.7 Å². The summed E-state index contributed by atoms with van der Waals surface area (Å²) in [6, 6.07) is 3.74. The van der Waals surface area contributed by atoms with Crippen LogP contribution in [0.1, 0.15) is 12.1 Å². The molecule has 6 nitrogen and oxygen atoms in total. The topological polar surface area (TPSA) is 79.7 Å². The quantitative estimate of drug-likeness (QED) is 0.854. The molecule has 3 rings (SSSR count). The average Bonchev–Trinajstić information content (AvgIpc) is 3.16. The highest BCUT2D eigenvalue weighted by molar-refractivity contribution is 7.23. The van der Waals surface area contributed by atoms with Gasteiger partial charge in [0.25, 0.3) is 0 Å². The fourth-order valence-corrected chi connectivity index (χ4v) is 4.40. The van der Waals surface area contributed by atoms with E-state index in [9.17, 15) is 9.59 Å². The molecular weight excluding hydrogens is 372 g/mol. The average molecular weight is 387 g/mol. The molecule has 24 heavy (non-hydrogen) atoms. The number of carboxylic acid groups (broad SMARTS) is 1. The van der Waals surface area contributed by atoms with Crippen LogP contribution in [0.3, 0.4) is 0 Å². The molecule has 1 unspecified atom stereocenters. The molecule has 1 atom stereocenters. The fourth-order valence-electron chi connectivity index (χ4n) is 2.46. The largest absolute Gasteiger partial charge is 0.481 e. The number of carbonyl (C=O) groups excluding carboxylic acids is 1. The lowest BCUT2D eigenvalue weighted by Crippen LogP contribution is -2.46. The van der Waals surface area contributed by atoms with Crippen LogP contribution in [0.5, 0.6) is 0 Å². The fraction of sp³-hybridized carbons (Fsp3) is 0.400. The van der Waals surface area contributed by atoms with Gasteiger partial charge in [0.15, 0.2) is 0 Å². The number of ether oxygens (including phenoxy) is 1. The molecule has 0 bridgehead atoms. The summed E-state index contributed by atoms with van der Waals surface area (Å²) in [6.45, 7) is 1.15. The molecule has 1 aliphatic heterocycles. The number of aliphatic carboxylic acids is 1. The van der Waals surface area contributed by atoms with Crippen molar-refractivity contribution in [3.8, 4) is 9.88 Å². The number of amides is 1. The summed E-state index contributed by atoms with van der Waals surface area (Å²) in [5.41, 5.74) is 0.714. The van der Waals surface area contributed by atoms with E-state index in [4.69, 9.17) is 21.4 Å². The van der Waals surface area contributed by atoms with Crippen molar-refractivity contribution in [1.82, 2.24) is 9.88 Å². The minimum atomic E-state index is -0.923. The Morgan fingerprint density at radius 2 is 2.29 bits per heavy atom. The first-order chi connectivity index (χ1) is 11.5. The highest BCUT2D eigenvalue weighted by Gasteiger charge is 2.26. The van der Waals surface area contributed by atoms with Crippen molar-refractivity contribution in [3.05, 3.63) is 27.5 Å². The predicted molar refractivity (Wildman–Crippen MR) is 92.7 cm³/mol. The van der Waals surface area contributed by atoms with E-state index in [1.54, 1.807) is 4.90 Å². The first kappa shape index (κ1) is 17.3. The van der Waals surface area contributed by atoms with Gasteiger partial charge in [-0.05, 0) is 12.1 Å². The number of thiophene rings is 1. The van der Waals surface area contributed by atoms with Gasteiger partial charge in [-0.1, -0.05) is 11.6 Å². The number of carboxylic acids is 1. The lowest BCUT2D eigenvalue weighted by Gasteiger charge is -2.32. The summed E-state index contributed by atoms with van der Waals surface area (Å²) in [5.74, 6) is -0.984. The van der Waals surface area contributed by atoms with Gasteiger partial charge in [-0.3, -0.25) is 9.59 Å². The van der Waals surface area contributed by atoms with Gasteiger partial charge in [0, 0.05) is 18.5 Å². The normalized spacial score (nSPS) is 17.9. The Bertz CT molecular complexity index is 745. The van der Waals surface area contributed by atoms with Crippen molar-refractivity contribution >= 4 is 46.2 Å². The van der Waals surface area contributed by atoms with Crippen LogP contribution in [0.15, 0.2) is 17.5 Å². The van der Waals surface area contributed by atoms with Crippen molar-refractivity contribution < 1.29 is 19.4 Å². The van der Waals surface area contributed by atoms with Crippen molar-refractivity contribution in [2.75, 3.05) is 19.7 Å². The number of morpholine rings is 1. The van der Waals surface area contributed by atoms with Gasteiger partial charge in [0.1, 0.15) is 5.01 Å². The second-order valence-corrected chi connectivity index (χ2v) is 7.93. The Balaban J connectivity index is 1.60. The molecule has 3 heterocycles. The van der Waals surface area contributed by atoms with Crippen LogP contribution >= 0.6 is 34.3 Å². The molecule has 0 aromatic carbocycles. The number of carbonyl (C=O) groups is 2. The van der Waals surface area contributed by atoms with Crippen LogP contribution in [0.2, 0.25) is 4.34 Å². The maximum atomic E-state index is 12.4. The Morgan fingerprint density at radius 3 is 3.00 bits per heavy atom. The number of thiazole rings is 1. The summed E-state index contributed by atoms with van der Waals surface area (Å²) >= 11 is 8.87. The van der Waals surface area contributed by atoms with E-state index in [1.165, 1.54) is 22.7 Å². The molecule has 0 radical (unpaired) electrons. The zero-order valence-corrected chi connectivity index (χ0v) is 15.0. The number of rotatable bonds is 5. The molecule has 0 spiro atoms. The van der Waals surface area contributed by atoms with E-state index >= 15 is 0 Å². The lowest BCUT2D eigenvalue weighted by atomic mass is 10.2. The molecule has 9 heteroatoms. The van der Waals surface area contributed by atoms with E-state index in [-0.39, 0.29) is 18.7 Å². The van der Waals surface area contributed by atoms with Crippen LogP contribution in [0.4, 0.5) is 0 Å². The molecule has 1 aliphatic rings. The van der Waals surface area contributed by atoms with Gasteiger partial charge in [-0.2, -0.15) is 0 Å². The summed E-state index contributed by atoms with van der Waals surface area (Å²) in [4.78, 5) is 30.3. The van der Waals surface area contributed by atoms with E-state index < -0.39 is 12.1 Å². The van der Waals surface area contributed by atoms with Gasteiger partial charge in [0.2, 0.25) is 5.91 Å². The molecule has 2 aromatic heterocycles. The third-order valence-corrected chi connectivity index (χ3v) is 5.85. The maximum Gasteiger partial charge on any atom is 0.306 e. The van der Waals surface area contributed by atoms with Crippen LogP contribution in [0, 0.1) is 0 Å². The Kier molecular flexibility index (Phi) is 5.50. The second-order valence-electron chi connectivity index (χ2n) is 5.35. The van der Waals surface area contributed by atoms with Crippen molar-refractivity contribution in [2.45, 2.75) is 18.9 Å². The molecule has 2 aromatic rings. The van der Waals surface area contributed by atoms with E-state index in [0.717, 1.165) is 9.88 Å². The minimum Gasteiger partial charge on any atom is -0.481 e. The maximum absolute atomic E-state index is 12.4. The highest BCUT2D eigenvalue weighted by Crippen LogP contribution is 2.33. The van der Waals surface area contributed by atoms with E-state index in [1.807, 2.05) is 17.5 Å². The second kappa shape index (κ2) is 7.60.